The first-order valence-electron chi connectivity index (χ1n) is 14.8. The van der Waals surface area contributed by atoms with Gasteiger partial charge in [0.2, 0.25) is 0 Å². The number of nitrogens with one attached hydrogen (secondary N) is 2. The van der Waals surface area contributed by atoms with Crippen LogP contribution in [0, 0.1) is 29.6 Å². The van der Waals surface area contributed by atoms with Crippen LogP contribution in [0.4, 0.5) is 14.6 Å². The van der Waals surface area contributed by atoms with Crippen molar-refractivity contribution in [2.45, 2.75) is 76.1 Å². The van der Waals surface area contributed by atoms with E-state index in [9.17, 15) is 4.79 Å². The van der Waals surface area contributed by atoms with Gasteiger partial charge in [-0.05, 0) is 63.4 Å². The standard InChI is InChI=1S/C31H32ClF2N7O3/c1-4-16-8-10-31(11-9-16)13-21(31)41-24-23(17-12-18(32)15-35-14-17)36-26(27-39-29(42)44-40-27)37-25(24)38-28(41)30(2,43-3)22-19(33)6-5-7-20(22)34/h1,6,14-17,21,26,37H,5,7-13H2,2-3H3,(H,39,40,42)/t16?,17?,21-,26?,30?,31?/m1/s1. The summed E-state index contributed by atoms with van der Waals surface area (Å²) >= 11 is 6.45. The molecule has 3 aliphatic carbocycles. The molecule has 44 heavy (non-hydrogen) atoms. The van der Waals surface area contributed by atoms with Crippen molar-refractivity contribution in [2.24, 2.45) is 27.2 Å². The van der Waals surface area contributed by atoms with Gasteiger partial charge >= 0.3 is 5.76 Å². The van der Waals surface area contributed by atoms with E-state index in [1.807, 2.05) is 0 Å². The van der Waals surface area contributed by atoms with Crippen LogP contribution in [-0.2, 0) is 10.3 Å². The lowest BCUT2D eigenvalue weighted by molar-refractivity contribution is 0.0207. The molecular weight excluding hydrogens is 592 g/mol. The molecule has 1 spiro atoms. The van der Waals surface area contributed by atoms with Crippen LogP contribution in [0.15, 0.2) is 53.8 Å². The van der Waals surface area contributed by atoms with Gasteiger partial charge in [0.05, 0.1) is 11.3 Å². The molecule has 2 aromatic heterocycles. The summed E-state index contributed by atoms with van der Waals surface area (Å²) in [5.74, 6) is 1.76. The van der Waals surface area contributed by atoms with Crippen molar-refractivity contribution >= 4 is 29.3 Å². The van der Waals surface area contributed by atoms with Crippen molar-refractivity contribution in [3.05, 3.63) is 62.4 Å². The number of ether oxygens (including phenoxy) is 1. The number of aromatic nitrogens is 4. The minimum atomic E-state index is -1.58. The van der Waals surface area contributed by atoms with Gasteiger partial charge in [-0.25, -0.2) is 18.6 Å². The first-order valence-corrected chi connectivity index (χ1v) is 15.2. The van der Waals surface area contributed by atoms with Crippen LogP contribution in [-0.4, -0.2) is 38.7 Å². The summed E-state index contributed by atoms with van der Waals surface area (Å²) < 4.78 is 44.0. The third kappa shape index (κ3) is 4.59. The highest BCUT2D eigenvalue weighted by Gasteiger charge is 2.59. The summed E-state index contributed by atoms with van der Waals surface area (Å²) in [6.45, 7) is 1.65. The van der Waals surface area contributed by atoms with E-state index in [2.05, 4.69) is 30.9 Å². The molecule has 10 nitrogen and oxygen atoms in total. The Bertz CT molecular complexity index is 1770. The van der Waals surface area contributed by atoms with Gasteiger partial charge in [0.25, 0.3) is 0 Å². The van der Waals surface area contributed by atoms with E-state index in [-0.39, 0.29) is 47.5 Å². The van der Waals surface area contributed by atoms with Gasteiger partial charge in [0.15, 0.2) is 23.4 Å². The molecule has 13 heteroatoms. The van der Waals surface area contributed by atoms with Gasteiger partial charge in [0.1, 0.15) is 23.2 Å². The van der Waals surface area contributed by atoms with Gasteiger partial charge in [-0.1, -0.05) is 16.8 Å². The number of terminal acetylenes is 1. The van der Waals surface area contributed by atoms with Gasteiger partial charge in [-0.2, -0.15) is 0 Å². The molecule has 4 atom stereocenters. The second-order valence-electron chi connectivity index (χ2n) is 12.4. The molecule has 7 rings (SSSR count). The maximum Gasteiger partial charge on any atom is 0.439 e. The number of H-pyrrole nitrogens is 1. The topological polar surface area (TPSA) is 123 Å². The van der Waals surface area contributed by atoms with E-state index in [0.29, 0.717) is 34.5 Å². The number of nitrogens with zero attached hydrogens (tertiary/aromatic N) is 5. The predicted molar refractivity (Wildman–Crippen MR) is 161 cm³/mol. The fourth-order valence-corrected chi connectivity index (χ4v) is 7.54. The van der Waals surface area contributed by atoms with Crippen LogP contribution < -0.4 is 11.1 Å². The number of aromatic amines is 1. The summed E-state index contributed by atoms with van der Waals surface area (Å²) in [4.78, 5) is 28.8. The van der Waals surface area contributed by atoms with Crippen LogP contribution in [0.5, 0.6) is 0 Å². The quantitative estimate of drug-likeness (QED) is 0.373. The van der Waals surface area contributed by atoms with Gasteiger partial charge in [-0.15, -0.1) is 12.3 Å². The Hall–Kier alpha value is -3.82. The molecule has 0 amide bonds. The Labute approximate surface area is 257 Å². The molecule has 5 aliphatic rings. The molecule has 4 heterocycles. The molecule has 2 aliphatic heterocycles. The Morgan fingerprint density at radius 2 is 2.11 bits per heavy atom. The van der Waals surface area contributed by atoms with Crippen LogP contribution >= 0.6 is 11.6 Å². The van der Waals surface area contributed by atoms with E-state index in [4.69, 9.17) is 37.3 Å². The maximum atomic E-state index is 15.6. The SMILES string of the molecule is C#CC1CCC2(CC1)C[C@H]2n1c(C(C)(OC)C2=C(F)CCC=C2F)nc2c1C(C1C=NC=C(Cl)C1)=NC(c1noc(=O)[nH]1)N2. The zero-order valence-electron chi connectivity index (χ0n) is 24.4. The van der Waals surface area contributed by atoms with Gasteiger partial charge in [0, 0.05) is 48.9 Å². The van der Waals surface area contributed by atoms with Crippen LogP contribution in [0.25, 0.3) is 0 Å². The molecule has 2 aromatic rings. The fraction of sp³-hybridized carbons (Fsp3) is 0.516. The third-order valence-electron chi connectivity index (χ3n) is 9.84. The fourth-order valence-electron chi connectivity index (χ4n) is 7.31. The number of halogens is 3. The molecule has 2 saturated carbocycles. The summed E-state index contributed by atoms with van der Waals surface area (Å²) in [6.07, 6.45) is 14.9. The smallest absolute Gasteiger partial charge is 0.366 e. The minimum Gasteiger partial charge on any atom is -0.366 e. The van der Waals surface area contributed by atoms with Gasteiger partial charge in [-0.3, -0.25) is 19.5 Å². The Morgan fingerprint density at radius 1 is 1.32 bits per heavy atom. The lowest BCUT2D eigenvalue weighted by Gasteiger charge is -2.34. The van der Waals surface area contributed by atoms with E-state index >= 15 is 8.78 Å². The third-order valence-corrected chi connectivity index (χ3v) is 10.1. The average molecular weight is 624 g/mol. The Kier molecular flexibility index (Phi) is 7.01. The molecule has 2 fully saturated rings. The predicted octanol–water partition coefficient (Wildman–Crippen LogP) is 6.13. The van der Waals surface area contributed by atoms with E-state index in [1.165, 1.54) is 13.2 Å². The first-order chi connectivity index (χ1) is 21.2. The molecule has 230 valence electrons. The van der Waals surface area contributed by atoms with E-state index in [1.54, 1.807) is 19.3 Å². The largest absolute Gasteiger partial charge is 0.439 e. The first kappa shape index (κ1) is 28.9. The highest BCUT2D eigenvalue weighted by molar-refractivity contribution is 6.30. The number of hydrogen-bond donors (Lipinski definition) is 2. The Morgan fingerprint density at radius 3 is 2.77 bits per heavy atom. The monoisotopic (exact) mass is 623 g/mol. The lowest BCUT2D eigenvalue weighted by Crippen LogP contribution is -2.35. The molecular formula is C31H32ClF2N7O3. The van der Waals surface area contributed by atoms with Crippen molar-refractivity contribution < 1.29 is 18.0 Å². The number of imidazole rings is 1. The minimum absolute atomic E-state index is 0.0387. The number of fused-ring (bicyclic) bond motifs is 1. The Balaban J connectivity index is 1.43. The molecule has 2 N–H and O–H groups in total. The molecule has 3 unspecified atom stereocenters. The lowest BCUT2D eigenvalue weighted by atomic mass is 9.79. The summed E-state index contributed by atoms with van der Waals surface area (Å²) in [6, 6.07) is -0.0387. The van der Waals surface area contributed by atoms with Crippen molar-refractivity contribution in [3.63, 3.8) is 0 Å². The molecule has 0 aromatic carbocycles. The van der Waals surface area contributed by atoms with Crippen molar-refractivity contribution in [1.82, 2.24) is 19.7 Å². The normalized spacial score (nSPS) is 31.0. The number of methoxy groups -OCH3 is 1. The molecule has 0 radical (unpaired) electrons. The zero-order chi connectivity index (χ0) is 30.8. The number of rotatable bonds is 6. The zero-order valence-corrected chi connectivity index (χ0v) is 25.1. The highest BCUT2D eigenvalue weighted by atomic mass is 35.5. The summed E-state index contributed by atoms with van der Waals surface area (Å²) in [7, 11) is 1.44. The van der Waals surface area contributed by atoms with E-state index < -0.39 is 29.2 Å². The van der Waals surface area contributed by atoms with Crippen molar-refractivity contribution in [3.8, 4) is 12.3 Å². The van der Waals surface area contributed by atoms with Gasteiger partial charge < -0.3 is 14.6 Å². The second-order valence-corrected chi connectivity index (χ2v) is 12.8. The summed E-state index contributed by atoms with van der Waals surface area (Å²) in [5, 5.41) is 7.68. The number of aliphatic imine (C=N–C) groups is 2. The van der Waals surface area contributed by atoms with Crippen LogP contribution in [0.1, 0.15) is 87.8 Å². The molecule has 0 saturated heterocycles. The number of anilines is 1. The maximum absolute atomic E-state index is 15.6. The van der Waals surface area contributed by atoms with E-state index in [0.717, 1.165) is 32.1 Å². The highest BCUT2D eigenvalue weighted by Crippen LogP contribution is 2.66. The molecule has 0 bridgehead atoms. The second kappa shape index (κ2) is 10.7. The van der Waals surface area contributed by atoms with Crippen molar-refractivity contribution in [2.75, 3.05) is 12.4 Å². The van der Waals surface area contributed by atoms with Crippen LogP contribution in [0.2, 0.25) is 0 Å². The van der Waals surface area contributed by atoms with Crippen molar-refractivity contribution in [1.29, 1.82) is 0 Å². The number of hydrogen-bond acceptors (Lipinski definition) is 8. The number of allylic oxidation sites excluding steroid dienone is 3. The van der Waals surface area contributed by atoms with Crippen LogP contribution in [0.3, 0.4) is 0 Å². The summed E-state index contributed by atoms with van der Waals surface area (Å²) in [5.41, 5.74) is -0.521. The average Bonchev–Trinajstić information content (AvgIpc) is 3.32.